The Balaban J connectivity index is 3.04. The van der Waals surface area contributed by atoms with Crippen LogP contribution in [0.25, 0.3) is 0 Å². The second-order valence-electron chi connectivity index (χ2n) is 1.37. The van der Waals surface area contributed by atoms with E-state index in [0.717, 1.165) is 5.00 Å². The van der Waals surface area contributed by atoms with Crippen LogP contribution in [-0.2, 0) is 0 Å². The van der Waals surface area contributed by atoms with Crippen molar-refractivity contribution in [2.75, 3.05) is 5.73 Å². The topological polar surface area (TPSA) is 26.0 Å². The molecule has 0 amide bonds. The van der Waals surface area contributed by atoms with E-state index in [-0.39, 0.29) is 0 Å². The van der Waals surface area contributed by atoms with Gasteiger partial charge in [-0.25, -0.2) is 0 Å². The average molecular weight is 112 g/mol. The van der Waals surface area contributed by atoms with E-state index in [0.29, 0.717) is 0 Å². The number of thiophene rings is 1. The molecule has 0 spiro atoms. The van der Waals surface area contributed by atoms with E-state index in [1.165, 1.54) is 4.88 Å². The first-order valence-electron chi connectivity index (χ1n) is 2.02. The lowest BCUT2D eigenvalue weighted by Crippen LogP contribution is -1.72. The van der Waals surface area contributed by atoms with Crippen molar-refractivity contribution in [3.63, 3.8) is 0 Å². The number of anilines is 1. The Kier molecular flexibility index (Phi) is 1.02. The third-order valence-electron chi connectivity index (χ3n) is 0.689. The predicted octanol–water partition coefficient (Wildman–Crippen LogP) is 1.44. The van der Waals surface area contributed by atoms with E-state index in [4.69, 9.17) is 5.73 Å². The largest absolute Gasteiger partial charge is 0.390 e. The maximum absolute atomic E-state index is 5.34. The number of nitrogen functional groups attached to an aromatic ring is 1. The van der Waals surface area contributed by atoms with Crippen molar-refractivity contribution < 1.29 is 0 Å². The molecule has 0 aliphatic carbocycles. The minimum absolute atomic E-state index is 0.775. The average Bonchev–Trinajstić information content (AvgIpc) is 1.87. The molecule has 2 N–H and O–H groups in total. The zero-order valence-electron chi connectivity index (χ0n) is 4.06. The maximum Gasteiger partial charge on any atom is 0.0939 e. The maximum atomic E-state index is 5.34. The first kappa shape index (κ1) is 4.65. The highest BCUT2D eigenvalue weighted by Gasteiger charge is 1.85. The third kappa shape index (κ3) is 0.933. The van der Waals surface area contributed by atoms with Gasteiger partial charge in [0.1, 0.15) is 0 Å². The number of nitrogens with two attached hydrogens (primary N) is 1. The molecule has 0 aromatic carbocycles. The van der Waals surface area contributed by atoms with Crippen LogP contribution in [0.4, 0.5) is 5.00 Å². The molecule has 1 nitrogen and oxygen atoms in total. The molecule has 1 radical (unpaired) electrons. The highest BCUT2D eigenvalue weighted by Crippen LogP contribution is 2.14. The summed E-state index contributed by atoms with van der Waals surface area (Å²) in [6.45, 7) is 2.01. The molecule has 1 rings (SSSR count). The molecule has 0 unspecified atom stereocenters. The van der Waals surface area contributed by atoms with Crippen LogP contribution in [0.1, 0.15) is 4.88 Å². The monoisotopic (exact) mass is 112 g/mol. The zero-order chi connectivity index (χ0) is 5.28. The van der Waals surface area contributed by atoms with E-state index in [2.05, 4.69) is 6.07 Å². The molecule has 0 bridgehead atoms. The second kappa shape index (κ2) is 1.54. The van der Waals surface area contributed by atoms with Crippen LogP contribution >= 0.6 is 11.3 Å². The van der Waals surface area contributed by atoms with E-state index in [1.54, 1.807) is 11.3 Å². The highest BCUT2D eigenvalue weighted by molar-refractivity contribution is 7.15. The fraction of sp³-hybridized carbons (Fsp3) is 0.200. The summed E-state index contributed by atoms with van der Waals surface area (Å²) >= 11 is 1.56. The van der Waals surface area contributed by atoms with Crippen LogP contribution < -0.4 is 5.73 Å². The fourth-order valence-electron chi connectivity index (χ4n) is 0.405. The molecule has 7 heavy (non-hydrogen) atoms. The van der Waals surface area contributed by atoms with Crippen LogP contribution in [0.5, 0.6) is 0 Å². The van der Waals surface area contributed by atoms with Gasteiger partial charge >= 0.3 is 0 Å². The summed E-state index contributed by atoms with van der Waals surface area (Å²) in [6, 6.07) is 4.75. The fourth-order valence-corrected chi connectivity index (χ4v) is 0.988. The third-order valence-corrected chi connectivity index (χ3v) is 1.47. The van der Waals surface area contributed by atoms with Gasteiger partial charge < -0.3 is 5.73 Å². The molecular formula is C5H6NS. The Hall–Kier alpha value is -0.500. The molecule has 0 atom stereocenters. The summed E-state index contributed by atoms with van der Waals surface area (Å²) in [4.78, 5) is 1.22. The lowest BCUT2D eigenvalue weighted by molar-refractivity contribution is 1.64. The number of rotatable bonds is 0. The summed E-state index contributed by atoms with van der Waals surface area (Å²) in [7, 11) is 0. The van der Waals surface area contributed by atoms with Crippen molar-refractivity contribution in [1.29, 1.82) is 0 Å². The molecule has 0 aliphatic rings. The lowest BCUT2D eigenvalue weighted by atomic mass is 10.5. The molecule has 2 heteroatoms. The second-order valence-corrected chi connectivity index (χ2v) is 2.65. The van der Waals surface area contributed by atoms with Crippen LogP contribution in [0.2, 0.25) is 0 Å². The minimum atomic E-state index is 0.775. The van der Waals surface area contributed by atoms with Crippen molar-refractivity contribution in [3.05, 3.63) is 17.0 Å². The summed E-state index contributed by atoms with van der Waals surface area (Å²) in [5.74, 6) is 0. The smallest absolute Gasteiger partial charge is 0.0939 e. The van der Waals surface area contributed by atoms with Gasteiger partial charge in [-0.15, -0.1) is 11.3 Å². The van der Waals surface area contributed by atoms with Gasteiger partial charge in [-0.2, -0.15) is 0 Å². The molecule has 1 heterocycles. The summed E-state index contributed by atoms with van der Waals surface area (Å²) in [5, 5.41) is 0.775. The first-order valence-corrected chi connectivity index (χ1v) is 2.84. The molecular weight excluding hydrogens is 106 g/mol. The lowest BCUT2D eigenvalue weighted by Gasteiger charge is -1.72. The zero-order valence-corrected chi connectivity index (χ0v) is 4.88. The molecule has 1 aromatic rings. The van der Waals surface area contributed by atoms with Gasteiger partial charge in [-0.3, -0.25) is 0 Å². The molecule has 37 valence electrons. The predicted molar refractivity (Wildman–Crippen MR) is 32.3 cm³/mol. The normalized spacial score (nSPS) is 9.29. The van der Waals surface area contributed by atoms with Gasteiger partial charge in [0.15, 0.2) is 0 Å². The van der Waals surface area contributed by atoms with Crippen LogP contribution in [0.15, 0.2) is 6.07 Å². The van der Waals surface area contributed by atoms with Gasteiger partial charge in [0.25, 0.3) is 0 Å². The van der Waals surface area contributed by atoms with Crippen molar-refractivity contribution in [1.82, 2.24) is 0 Å². The SMILES string of the molecule is Cc1c[c]c(N)s1. The molecule has 1 aromatic heterocycles. The number of hydrogen-bond acceptors (Lipinski definition) is 2. The summed E-state index contributed by atoms with van der Waals surface area (Å²) in [6.07, 6.45) is 0. The Morgan fingerprint density at radius 2 is 2.57 bits per heavy atom. The van der Waals surface area contributed by atoms with Crippen molar-refractivity contribution in [3.8, 4) is 0 Å². The first-order chi connectivity index (χ1) is 3.29. The van der Waals surface area contributed by atoms with Crippen LogP contribution in [0.3, 0.4) is 0 Å². The Labute approximate surface area is 46.8 Å². The van der Waals surface area contributed by atoms with E-state index in [9.17, 15) is 0 Å². The van der Waals surface area contributed by atoms with Crippen LogP contribution in [-0.4, -0.2) is 0 Å². The van der Waals surface area contributed by atoms with E-state index >= 15 is 0 Å². The summed E-state index contributed by atoms with van der Waals surface area (Å²) in [5.41, 5.74) is 5.34. The number of aryl methyl sites for hydroxylation is 1. The molecule has 0 saturated heterocycles. The Bertz CT molecular complexity index is 140. The molecule has 0 aliphatic heterocycles. The van der Waals surface area contributed by atoms with Crippen molar-refractivity contribution >= 4 is 16.3 Å². The van der Waals surface area contributed by atoms with Gasteiger partial charge in [-0.1, -0.05) is 0 Å². The van der Waals surface area contributed by atoms with Crippen molar-refractivity contribution in [2.24, 2.45) is 0 Å². The van der Waals surface area contributed by atoms with Gasteiger partial charge in [0, 0.05) is 10.9 Å². The van der Waals surface area contributed by atoms with E-state index < -0.39 is 0 Å². The van der Waals surface area contributed by atoms with Gasteiger partial charge in [-0.05, 0) is 13.0 Å². The van der Waals surface area contributed by atoms with Crippen LogP contribution in [0, 0.1) is 13.0 Å². The molecule has 0 saturated carbocycles. The van der Waals surface area contributed by atoms with Crippen molar-refractivity contribution in [2.45, 2.75) is 6.92 Å². The highest BCUT2D eigenvalue weighted by atomic mass is 32.1. The summed E-state index contributed by atoms with van der Waals surface area (Å²) < 4.78 is 0. The quantitative estimate of drug-likeness (QED) is 0.540. The minimum Gasteiger partial charge on any atom is -0.390 e. The van der Waals surface area contributed by atoms with Gasteiger partial charge in [0.05, 0.1) is 5.00 Å². The Morgan fingerprint density at radius 1 is 1.86 bits per heavy atom. The molecule has 0 fully saturated rings. The van der Waals surface area contributed by atoms with Gasteiger partial charge in [0.2, 0.25) is 0 Å². The van der Waals surface area contributed by atoms with E-state index in [1.807, 2.05) is 13.0 Å². The Morgan fingerprint density at radius 3 is 2.71 bits per heavy atom. The number of hydrogen-bond donors (Lipinski definition) is 1. The standard InChI is InChI=1S/C5H6NS/c1-4-2-3-5(6)7-4/h2H,6H2,1H3.